The summed E-state index contributed by atoms with van der Waals surface area (Å²) < 4.78 is 38.8. The molecular weight excluding hydrogens is 305 g/mol. The average Bonchev–Trinajstić information content (AvgIpc) is 2.90. The number of piperidine rings is 1. The fourth-order valence-electron chi connectivity index (χ4n) is 4.22. The molecule has 23 heavy (non-hydrogen) atoms. The molecule has 0 unspecified atom stereocenters. The highest BCUT2D eigenvalue weighted by atomic mass is 19.4. The number of nitrogens with zero attached hydrogens (tertiary/aromatic N) is 2. The molecule has 2 fully saturated rings. The van der Waals surface area contributed by atoms with Crippen molar-refractivity contribution in [1.29, 1.82) is 0 Å². The van der Waals surface area contributed by atoms with Gasteiger partial charge in [0.15, 0.2) is 5.69 Å². The molecule has 0 bridgehead atoms. The van der Waals surface area contributed by atoms with E-state index in [-0.39, 0.29) is 11.0 Å². The van der Waals surface area contributed by atoms with E-state index in [1.807, 2.05) is 0 Å². The predicted octanol–water partition coefficient (Wildman–Crippen LogP) is 3.30. The highest BCUT2D eigenvalue weighted by Crippen LogP contribution is 2.52. The summed E-state index contributed by atoms with van der Waals surface area (Å²) in [5, 5.41) is 9.14. The zero-order valence-electron chi connectivity index (χ0n) is 12.7. The normalized spacial score (nSPS) is 21.7. The third kappa shape index (κ3) is 2.71. The molecule has 2 aromatic rings. The summed E-state index contributed by atoms with van der Waals surface area (Å²) in [4.78, 5) is 4.23. The molecule has 1 saturated heterocycles. The molecule has 7 heteroatoms. The summed E-state index contributed by atoms with van der Waals surface area (Å²) in [7, 11) is 0. The van der Waals surface area contributed by atoms with Crippen LogP contribution in [0.3, 0.4) is 0 Å². The Kier molecular flexibility index (Phi) is 3.37. The smallest absolute Gasteiger partial charge is 0.317 e. The van der Waals surface area contributed by atoms with Crippen LogP contribution in [0.25, 0.3) is 11.0 Å². The Balaban J connectivity index is 1.50. The van der Waals surface area contributed by atoms with Crippen LogP contribution in [0.15, 0.2) is 12.1 Å². The minimum atomic E-state index is -4.45. The SMILES string of the molecule is FC(F)(F)c1[nH]nc2ccc(CC3CC4(CCNCC4)C3)nc12. The van der Waals surface area contributed by atoms with Gasteiger partial charge < -0.3 is 5.32 Å². The van der Waals surface area contributed by atoms with Gasteiger partial charge in [-0.2, -0.15) is 18.3 Å². The molecule has 1 aliphatic carbocycles. The monoisotopic (exact) mass is 324 g/mol. The molecule has 4 nitrogen and oxygen atoms in total. The van der Waals surface area contributed by atoms with Crippen molar-refractivity contribution in [3.63, 3.8) is 0 Å². The first-order valence-corrected chi connectivity index (χ1v) is 8.07. The number of aromatic nitrogens is 3. The zero-order chi connectivity index (χ0) is 16.1. The molecule has 2 aliphatic rings. The Bertz CT molecular complexity index is 708. The van der Waals surface area contributed by atoms with Gasteiger partial charge in [0.05, 0.1) is 0 Å². The van der Waals surface area contributed by atoms with Gasteiger partial charge in [0.1, 0.15) is 11.0 Å². The van der Waals surface area contributed by atoms with Crippen molar-refractivity contribution in [2.75, 3.05) is 13.1 Å². The van der Waals surface area contributed by atoms with Gasteiger partial charge in [0, 0.05) is 5.69 Å². The van der Waals surface area contributed by atoms with Gasteiger partial charge in [-0.05, 0) is 68.7 Å². The molecule has 1 aliphatic heterocycles. The van der Waals surface area contributed by atoms with Crippen LogP contribution in [0.2, 0.25) is 0 Å². The maximum Gasteiger partial charge on any atom is 0.434 e. The number of rotatable bonds is 2. The van der Waals surface area contributed by atoms with Crippen LogP contribution in [-0.4, -0.2) is 28.3 Å². The standard InChI is InChI=1S/C16H19F3N4/c17-16(18,19)14-13-12(22-23-14)2-1-11(21-13)7-10-8-15(9-10)3-5-20-6-4-15/h1-2,10,20H,3-9H2,(H,22,23). The van der Waals surface area contributed by atoms with Gasteiger partial charge in [0.2, 0.25) is 0 Å². The Labute approximate surface area is 131 Å². The fraction of sp³-hybridized carbons (Fsp3) is 0.625. The van der Waals surface area contributed by atoms with Gasteiger partial charge in [-0.25, -0.2) is 4.98 Å². The number of alkyl halides is 3. The van der Waals surface area contributed by atoms with Crippen molar-refractivity contribution < 1.29 is 13.2 Å². The molecule has 2 N–H and O–H groups in total. The van der Waals surface area contributed by atoms with Crippen LogP contribution >= 0.6 is 0 Å². The van der Waals surface area contributed by atoms with Crippen molar-refractivity contribution in [3.8, 4) is 0 Å². The Hall–Kier alpha value is -1.63. The quantitative estimate of drug-likeness (QED) is 0.891. The Morgan fingerprint density at radius 3 is 2.61 bits per heavy atom. The number of halogens is 3. The predicted molar refractivity (Wildman–Crippen MR) is 79.9 cm³/mol. The molecule has 0 aromatic carbocycles. The third-order valence-corrected chi connectivity index (χ3v) is 5.35. The first-order chi connectivity index (χ1) is 11.0. The molecule has 1 spiro atoms. The van der Waals surface area contributed by atoms with E-state index in [1.54, 1.807) is 12.1 Å². The molecule has 4 rings (SSSR count). The average molecular weight is 324 g/mol. The maximum absolute atomic E-state index is 12.9. The number of hydrogen-bond donors (Lipinski definition) is 2. The van der Waals surface area contributed by atoms with Gasteiger partial charge in [0.25, 0.3) is 0 Å². The van der Waals surface area contributed by atoms with Crippen LogP contribution in [0.5, 0.6) is 0 Å². The molecular formula is C16H19F3N4. The van der Waals surface area contributed by atoms with E-state index in [1.165, 1.54) is 25.7 Å². The van der Waals surface area contributed by atoms with Crippen molar-refractivity contribution >= 4 is 11.0 Å². The van der Waals surface area contributed by atoms with Crippen LogP contribution in [0.4, 0.5) is 13.2 Å². The second kappa shape index (κ2) is 5.19. The number of aromatic amines is 1. The number of nitrogens with one attached hydrogen (secondary N) is 2. The third-order valence-electron chi connectivity index (χ3n) is 5.35. The summed E-state index contributed by atoms with van der Waals surface area (Å²) in [6.45, 7) is 2.17. The molecule has 3 heterocycles. The fourth-order valence-corrected chi connectivity index (χ4v) is 4.22. The summed E-state index contributed by atoms with van der Waals surface area (Å²) in [5.74, 6) is 0.541. The zero-order valence-corrected chi connectivity index (χ0v) is 12.7. The van der Waals surface area contributed by atoms with E-state index < -0.39 is 11.9 Å². The second-order valence-corrected chi connectivity index (χ2v) is 7.00. The summed E-state index contributed by atoms with van der Waals surface area (Å²) in [5.41, 5.74) is 0.568. The second-order valence-electron chi connectivity index (χ2n) is 7.00. The highest BCUT2D eigenvalue weighted by Gasteiger charge is 2.44. The van der Waals surface area contributed by atoms with Gasteiger partial charge >= 0.3 is 6.18 Å². The van der Waals surface area contributed by atoms with Crippen molar-refractivity contribution in [3.05, 3.63) is 23.5 Å². The van der Waals surface area contributed by atoms with E-state index in [0.717, 1.165) is 25.2 Å². The van der Waals surface area contributed by atoms with E-state index >= 15 is 0 Å². The first-order valence-electron chi connectivity index (χ1n) is 8.07. The van der Waals surface area contributed by atoms with E-state index in [0.29, 0.717) is 11.3 Å². The number of hydrogen-bond acceptors (Lipinski definition) is 3. The molecule has 1 saturated carbocycles. The van der Waals surface area contributed by atoms with Crippen molar-refractivity contribution in [2.24, 2.45) is 11.3 Å². The van der Waals surface area contributed by atoms with E-state index in [2.05, 4.69) is 20.5 Å². The molecule has 0 atom stereocenters. The minimum absolute atomic E-state index is 0.0640. The molecule has 0 radical (unpaired) electrons. The maximum atomic E-state index is 12.9. The molecule has 2 aromatic heterocycles. The molecule has 124 valence electrons. The van der Waals surface area contributed by atoms with Gasteiger partial charge in [-0.1, -0.05) is 0 Å². The lowest BCUT2D eigenvalue weighted by Crippen LogP contribution is -2.46. The van der Waals surface area contributed by atoms with Gasteiger partial charge in [-0.15, -0.1) is 0 Å². The van der Waals surface area contributed by atoms with Crippen LogP contribution in [-0.2, 0) is 12.6 Å². The Morgan fingerprint density at radius 2 is 1.91 bits per heavy atom. The topological polar surface area (TPSA) is 53.6 Å². The lowest BCUT2D eigenvalue weighted by atomic mass is 9.57. The summed E-state index contributed by atoms with van der Waals surface area (Å²) in [6.07, 6.45) is 1.09. The number of fused-ring (bicyclic) bond motifs is 1. The lowest BCUT2D eigenvalue weighted by molar-refractivity contribution is -0.140. The van der Waals surface area contributed by atoms with Crippen molar-refractivity contribution in [2.45, 2.75) is 38.3 Å². The summed E-state index contributed by atoms with van der Waals surface area (Å²) in [6, 6.07) is 3.43. The number of pyridine rings is 1. The minimum Gasteiger partial charge on any atom is -0.317 e. The Morgan fingerprint density at radius 1 is 1.17 bits per heavy atom. The van der Waals surface area contributed by atoms with Crippen molar-refractivity contribution in [1.82, 2.24) is 20.5 Å². The number of H-pyrrole nitrogens is 1. The van der Waals surface area contributed by atoms with Crippen LogP contribution in [0, 0.1) is 11.3 Å². The largest absolute Gasteiger partial charge is 0.434 e. The molecule has 0 amide bonds. The summed E-state index contributed by atoms with van der Waals surface area (Å²) >= 11 is 0. The van der Waals surface area contributed by atoms with E-state index in [4.69, 9.17) is 0 Å². The van der Waals surface area contributed by atoms with Crippen LogP contribution < -0.4 is 5.32 Å². The first kappa shape index (κ1) is 14.9. The van der Waals surface area contributed by atoms with E-state index in [9.17, 15) is 13.2 Å². The lowest BCUT2D eigenvalue weighted by Gasteiger charge is -2.50. The highest BCUT2D eigenvalue weighted by molar-refractivity contribution is 5.77. The van der Waals surface area contributed by atoms with Crippen LogP contribution in [0.1, 0.15) is 37.1 Å². The van der Waals surface area contributed by atoms with Gasteiger partial charge in [-0.3, -0.25) is 5.10 Å².